The van der Waals surface area contributed by atoms with E-state index in [0.29, 0.717) is 5.82 Å². The van der Waals surface area contributed by atoms with Gasteiger partial charge in [-0.15, -0.1) is 0 Å². The molecule has 8 aromatic carbocycles. The van der Waals surface area contributed by atoms with Crippen LogP contribution < -0.4 is 0 Å². The Bertz CT molecular complexity index is 3550. The lowest BCUT2D eigenvalue weighted by Gasteiger charge is -2.13. The second-order valence-corrected chi connectivity index (χ2v) is 15.2. The van der Waals surface area contributed by atoms with Gasteiger partial charge >= 0.3 is 0 Å². The largest absolute Gasteiger partial charge is 0.454 e. The van der Waals surface area contributed by atoms with Crippen molar-refractivity contribution in [3.05, 3.63) is 206 Å². The highest BCUT2D eigenvalue weighted by Gasteiger charge is 2.21. The maximum atomic E-state index is 6.74. The molecule has 0 aliphatic rings. The molecule has 0 aliphatic heterocycles. The van der Waals surface area contributed by atoms with Crippen molar-refractivity contribution in [1.82, 2.24) is 19.5 Å². The number of pyridine rings is 1. The second-order valence-electron chi connectivity index (χ2n) is 15.2. The summed E-state index contributed by atoms with van der Waals surface area (Å²) in [5, 5.41) is 5.67. The molecule has 60 heavy (non-hydrogen) atoms. The summed E-state index contributed by atoms with van der Waals surface area (Å²) >= 11 is 0. The van der Waals surface area contributed by atoms with E-state index in [1.165, 1.54) is 10.8 Å². The summed E-state index contributed by atoms with van der Waals surface area (Å²) < 4.78 is 9.08. The highest BCUT2D eigenvalue weighted by Crippen LogP contribution is 2.43. The summed E-state index contributed by atoms with van der Waals surface area (Å²) in [5.74, 6) is 0.660. The van der Waals surface area contributed by atoms with Crippen LogP contribution in [-0.4, -0.2) is 19.5 Å². The summed E-state index contributed by atoms with van der Waals surface area (Å²) in [6.07, 6.45) is 0. The fourth-order valence-corrected chi connectivity index (χ4v) is 8.87. The molecule has 5 nitrogen and oxygen atoms in total. The standard InChI is InChI=1S/C55H34N4O/c1-3-16-35(17-4-1)41-27-15-28-45-51(41)52-44-26-9-12-31-50(44)60-54(52)53(56-45)39-22-13-20-37(32-39)46-34-47(58-55(57-46)36-18-5-2-6-19-36)38-21-14-23-40(33-38)59-48-29-10-7-24-42(48)43-25-8-11-30-49(43)59/h1-34H. The number of rotatable bonds is 6. The Hall–Kier alpha value is -8.15. The highest BCUT2D eigenvalue weighted by atomic mass is 16.3. The van der Waals surface area contributed by atoms with Crippen LogP contribution in [0, 0.1) is 0 Å². The van der Waals surface area contributed by atoms with Crippen LogP contribution in [0.15, 0.2) is 211 Å². The molecule has 0 spiro atoms. The van der Waals surface area contributed by atoms with Gasteiger partial charge in [-0.05, 0) is 59.7 Å². The van der Waals surface area contributed by atoms with Crippen molar-refractivity contribution in [2.24, 2.45) is 0 Å². The van der Waals surface area contributed by atoms with E-state index in [9.17, 15) is 0 Å². The van der Waals surface area contributed by atoms with Gasteiger partial charge < -0.3 is 8.98 Å². The third kappa shape index (κ3) is 5.52. The van der Waals surface area contributed by atoms with Crippen LogP contribution in [0.3, 0.4) is 0 Å². The van der Waals surface area contributed by atoms with E-state index in [4.69, 9.17) is 19.4 Å². The van der Waals surface area contributed by atoms with Crippen LogP contribution in [0.1, 0.15) is 0 Å². The number of furan rings is 1. The Morgan fingerprint density at radius 1 is 0.383 bits per heavy atom. The van der Waals surface area contributed by atoms with Gasteiger partial charge in [0.2, 0.25) is 0 Å². The van der Waals surface area contributed by atoms with Crippen molar-refractivity contribution in [1.29, 1.82) is 0 Å². The zero-order valence-corrected chi connectivity index (χ0v) is 32.3. The monoisotopic (exact) mass is 766 g/mol. The first kappa shape index (κ1) is 33.9. The average molecular weight is 767 g/mol. The van der Waals surface area contributed by atoms with E-state index in [1.807, 2.05) is 36.4 Å². The lowest BCUT2D eigenvalue weighted by atomic mass is 9.95. The quantitative estimate of drug-likeness (QED) is 0.169. The number of aromatic nitrogens is 4. The maximum Gasteiger partial charge on any atom is 0.162 e. The fourth-order valence-electron chi connectivity index (χ4n) is 8.87. The van der Waals surface area contributed by atoms with Gasteiger partial charge in [0, 0.05) is 54.9 Å². The molecule has 0 aliphatic carbocycles. The third-order valence-electron chi connectivity index (χ3n) is 11.6. The van der Waals surface area contributed by atoms with E-state index in [2.05, 4.69) is 174 Å². The number of nitrogens with zero attached hydrogens (tertiary/aromatic N) is 4. The van der Waals surface area contributed by atoms with Gasteiger partial charge in [-0.2, -0.15) is 0 Å². The molecule has 4 heterocycles. The van der Waals surface area contributed by atoms with Crippen LogP contribution in [0.5, 0.6) is 0 Å². The predicted octanol–water partition coefficient (Wildman–Crippen LogP) is 14.4. The molecule has 12 aromatic rings. The second kappa shape index (κ2) is 13.8. The van der Waals surface area contributed by atoms with Crippen LogP contribution >= 0.6 is 0 Å². The first-order valence-corrected chi connectivity index (χ1v) is 20.2. The Labute approximate surface area is 345 Å². The Kier molecular flexibility index (Phi) is 7.78. The number of benzene rings is 8. The number of hydrogen-bond donors (Lipinski definition) is 0. The van der Waals surface area contributed by atoms with Crippen molar-refractivity contribution >= 4 is 54.6 Å². The summed E-state index contributed by atoms with van der Waals surface area (Å²) in [6, 6.07) is 71.8. The molecule has 0 fully saturated rings. The van der Waals surface area contributed by atoms with Gasteiger partial charge in [0.1, 0.15) is 11.3 Å². The Balaban J connectivity index is 1.04. The minimum Gasteiger partial charge on any atom is -0.454 e. The summed E-state index contributed by atoms with van der Waals surface area (Å²) in [4.78, 5) is 15.8. The molecule has 0 saturated carbocycles. The summed E-state index contributed by atoms with van der Waals surface area (Å²) in [7, 11) is 0. The minimum absolute atomic E-state index is 0.660. The van der Waals surface area contributed by atoms with Gasteiger partial charge in [0.25, 0.3) is 0 Å². The fraction of sp³-hybridized carbons (Fsp3) is 0. The number of para-hydroxylation sites is 3. The van der Waals surface area contributed by atoms with Crippen molar-refractivity contribution < 1.29 is 4.42 Å². The molecule has 0 amide bonds. The van der Waals surface area contributed by atoms with Gasteiger partial charge in [0.15, 0.2) is 11.4 Å². The normalized spacial score (nSPS) is 11.7. The van der Waals surface area contributed by atoms with Crippen molar-refractivity contribution in [3.8, 4) is 62.0 Å². The van der Waals surface area contributed by atoms with E-state index in [1.54, 1.807) is 0 Å². The minimum atomic E-state index is 0.660. The van der Waals surface area contributed by atoms with Gasteiger partial charge in [-0.3, -0.25) is 0 Å². The number of hydrogen-bond acceptors (Lipinski definition) is 4. The zero-order valence-electron chi connectivity index (χ0n) is 32.3. The number of fused-ring (bicyclic) bond motifs is 8. The first-order chi connectivity index (χ1) is 29.7. The van der Waals surface area contributed by atoms with Crippen molar-refractivity contribution in [3.63, 3.8) is 0 Å². The highest BCUT2D eigenvalue weighted by molar-refractivity contribution is 6.24. The summed E-state index contributed by atoms with van der Waals surface area (Å²) in [6.45, 7) is 0. The van der Waals surface area contributed by atoms with E-state index >= 15 is 0 Å². The SMILES string of the molecule is c1ccc(-c2nc(-c3cccc(-c4nc5cccc(-c6ccccc6)c5c5c4oc4ccccc45)c3)cc(-c3cccc(-n4c5ccccc5c5ccccc54)c3)n2)cc1. The smallest absolute Gasteiger partial charge is 0.162 e. The molecule has 280 valence electrons. The van der Waals surface area contributed by atoms with E-state index < -0.39 is 0 Å². The topological polar surface area (TPSA) is 56.7 Å². The third-order valence-corrected chi connectivity index (χ3v) is 11.6. The van der Waals surface area contributed by atoms with Gasteiger partial charge in [-0.25, -0.2) is 15.0 Å². The lowest BCUT2D eigenvalue weighted by molar-refractivity contribution is 0.669. The molecule has 0 unspecified atom stereocenters. The molecule has 0 bridgehead atoms. The first-order valence-electron chi connectivity index (χ1n) is 20.2. The summed E-state index contributed by atoms with van der Waals surface area (Å²) in [5.41, 5.74) is 14.5. The average Bonchev–Trinajstić information content (AvgIpc) is 3.88. The maximum absolute atomic E-state index is 6.74. The van der Waals surface area contributed by atoms with Crippen LogP contribution in [0.25, 0.3) is 117 Å². The molecule has 0 atom stereocenters. The molecule has 0 saturated heterocycles. The molecule has 0 radical (unpaired) electrons. The van der Waals surface area contributed by atoms with Crippen LogP contribution in [0.2, 0.25) is 0 Å². The van der Waals surface area contributed by atoms with Crippen LogP contribution in [0.4, 0.5) is 0 Å². The molecular weight excluding hydrogens is 733 g/mol. The Morgan fingerprint density at radius 3 is 1.68 bits per heavy atom. The predicted molar refractivity (Wildman–Crippen MR) is 246 cm³/mol. The van der Waals surface area contributed by atoms with Crippen molar-refractivity contribution in [2.75, 3.05) is 0 Å². The molecule has 12 rings (SSSR count). The zero-order chi connectivity index (χ0) is 39.6. The molecule has 5 heteroatoms. The molecule has 0 N–H and O–H groups in total. The van der Waals surface area contributed by atoms with Crippen LogP contribution in [-0.2, 0) is 0 Å². The molecular formula is C55H34N4O. The van der Waals surface area contributed by atoms with Gasteiger partial charge in [0.05, 0.1) is 27.9 Å². The van der Waals surface area contributed by atoms with Gasteiger partial charge in [-0.1, -0.05) is 158 Å². The molecule has 4 aromatic heterocycles. The van der Waals surface area contributed by atoms with E-state index in [-0.39, 0.29) is 0 Å². The van der Waals surface area contributed by atoms with Crippen molar-refractivity contribution in [2.45, 2.75) is 0 Å². The Morgan fingerprint density at radius 2 is 0.950 bits per heavy atom. The lowest BCUT2D eigenvalue weighted by Crippen LogP contribution is -1.98. The van der Waals surface area contributed by atoms with E-state index in [0.717, 1.165) is 100 Å².